The fourth-order valence-corrected chi connectivity index (χ4v) is 2.55. The van der Waals surface area contributed by atoms with E-state index < -0.39 is 4.92 Å². The Bertz CT molecular complexity index is 751. The molecule has 0 heterocycles. The zero-order valence-electron chi connectivity index (χ0n) is 10.1. The lowest BCUT2D eigenvalue weighted by atomic mass is 10.2. The lowest BCUT2D eigenvalue weighted by molar-refractivity contribution is -0.384. The smallest absolute Gasteiger partial charge is 0.272 e. The molecule has 0 fully saturated rings. The van der Waals surface area contributed by atoms with Gasteiger partial charge in [0.05, 0.1) is 15.0 Å². The third kappa shape index (κ3) is 3.27. The van der Waals surface area contributed by atoms with Crippen molar-refractivity contribution in [2.75, 3.05) is 0 Å². The molecule has 2 rings (SSSR count). The molecule has 5 nitrogen and oxygen atoms in total. The SMILES string of the molecule is N#Cc1c(Br)cccc1Oc1c(Cl)cc([N+](=O)[O-])cc1Cl. The first kappa shape index (κ1) is 15.6. The second-order valence-electron chi connectivity index (χ2n) is 3.82. The maximum atomic E-state index is 10.7. The first-order valence-corrected chi connectivity index (χ1v) is 6.99. The highest BCUT2D eigenvalue weighted by molar-refractivity contribution is 9.10. The average molecular weight is 388 g/mol. The Morgan fingerprint density at radius 2 is 1.90 bits per heavy atom. The average Bonchev–Trinajstić information content (AvgIpc) is 2.42. The summed E-state index contributed by atoms with van der Waals surface area (Å²) in [6, 6.07) is 9.18. The number of ether oxygens (including phenoxy) is 1. The van der Waals surface area contributed by atoms with Gasteiger partial charge in [-0.2, -0.15) is 5.26 Å². The van der Waals surface area contributed by atoms with E-state index in [1.165, 1.54) is 0 Å². The highest BCUT2D eigenvalue weighted by Crippen LogP contribution is 2.40. The molecule has 0 atom stereocenters. The molecule has 0 bridgehead atoms. The van der Waals surface area contributed by atoms with Gasteiger partial charge in [-0.15, -0.1) is 0 Å². The molecule has 0 unspecified atom stereocenters. The highest BCUT2D eigenvalue weighted by atomic mass is 79.9. The first-order chi connectivity index (χ1) is 9.93. The molecule has 0 saturated carbocycles. The van der Waals surface area contributed by atoms with Crippen LogP contribution >= 0.6 is 39.1 Å². The Hall–Kier alpha value is -1.81. The van der Waals surface area contributed by atoms with Crippen LogP contribution in [0, 0.1) is 21.4 Å². The fourth-order valence-electron chi connectivity index (χ4n) is 1.56. The Kier molecular flexibility index (Phi) is 4.68. The van der Waals surface area contributed by atoms with Gasteiger partial charge in [0.1, 0.15) is 17.4 Å². The lowest BCUT2D eigenvalue weighted by Gasteiger charge is -2.11. The number of nitrogens with zero attached hydrogens (tertiary/aromatic N) is 2. The van der Waals surface area contributed by atoms with Gasteiger partial charge in [-0.3, -0.25) is 10.1 Å². The standard InChI is InChI=1S/C13H5BrCl2N2O3/c14-9-2-1-3-12(8(9)6-17)21-13-10(15)4-7(18(19)20)5-11(13)16/h1-5H. The number of hydrogen-bond donors (Lipinski definition) is 0. The summed E-state index contributed by atoms with van der Waals surface area (Å²) < 4.78 is 6.09. The van der Waals surface area contributed by atoms with E-state index in [1.807, 2.05) is 6.07 Å². The lowest BCUT2D eigenvalue weighted by Crippen LogP contribution is -1.93. The van der Waals surface area contributed by atoms with Crippen LogP contribution in [-0.2, 0) is 0 Å². The predicted octanol–water partition coefficient (Wildman–Crippen LogP) is 5.33. The Labute approximate surface area is 137 Å². The number of nitriles is 1. The van der Waals surface area contributed by atoms with E-state index in [-0.39, 0.29) is 32.8 Å². The van der Waals surface area contributed by atoms with E-state index in [0.717, 1.165) is 12.1 Å². The minimum absolute atomic E-state index is 0.0157. The number of benzene rings is 2. The monoisotopic (exact) mass is 386 g/mol. The summed E-state index contributed by atoms with van der Waals surface area (Å²) in [6.07, 6.45) is 0. The minimum atomic E-state index is -0.610. The van der Waals surface area contributed by atoms with Crippen LogP contribution in [0.1, 0.15) is 5.56 Å². The largest absolute Gasteiger partial charge is 0.453 e. The zero-order chi connectivity index (χ0) is 15.6. The number of non-ortho nitro benzene ring substituents is 1. The van der Waals surface area contributed by atoms with Crippen molar-refractivity contribution >= 4 is 44.8 Å². The van der Waals surface area contributed by atoms with Gasteiger partial charge in [-0.1, -0.05) is 29.3 Å². The van der Waals surface area contributed by atoms with E-state index in [2.05, 4.69) is 15.9 Å². The molecular weight excluding hydrogens is 383 g/mol. The van der Waals surface area contributed by atoms with Crippen LogP contribution in [0.4, 0.5) is 5.69 Å². The summed E-state index contributed by atoms with van der Waals surface area (Å²) >= 11 is 15.1. The van der Waals surface area contributed by atoms with E-state index in [9.17, 15) is 10.1 Å². The molecule has 0 N–H and O–H groups in total. The van der Waals surface area contributed by atoms with Gasteiger partial charge in [-0.25, -0.2) is 0 Å². The van der Waals surface area contributed by atoms with Gasteiger partial charge in [-0.05, 0) is 28.1 Å². The van der Waals surface area contributed by atoms with E-state index in [4.69, 9.17) is 33.2 Å². The van der Waals surface area contributed by atoms with Crippen molar-refractivity contribution in [3.63, 3.8) is 0 Å². The van der Waals surface area contributed by atoms with Crippen LogP contribution in [0.25, 0.3) is 0 Å². The Morgan fingerprint density at radius 1 is 1.29 bits per heavy atom. The first-order valence-electron chi connectivity index (χ1n) is 5.44. The third-order valence-electron chi connectivity index (χ3n) is 2.49. The summed E-state index contributed by atoms with van der Waals surface area (Å²) in [6.45, 7) is 0. The number of nitro benzene ring substituents is 1. The molecule has 0 aliphatic rings. The van der Waals surface area contributed by atoms with Gasteiger partial charge in [0, 0.05) is 16.6 Å². The minimum Gasteiger partial charge on any atom is -0.453 e. The summed E-state index contributed by atoms with van der Waals surface area (Å²) in [5.41, 5.74) is 0.0232. The zero-order valence-corrected chi connectivity index (χ0v) is 13.2. The number of halogens is 3. The third-order valence-corrected chi connectivity index (χ3v) is 3.72. The molecule has 21 heavy (non-hydrogen) atoms. The van der Waals surface area contributed by atoms with E-state index in [1.54, 1.807) is 18.2 Å². The van der Waals surface area contributed by atoms with Crippen LogP contribution in [-0.4, -0.2) is 4.92 Å². The summed E-state index contributed by atoms with van der Waals surface area (Å²) in [5.74, 6) is 0.295. The molecule has 0 aliphatic heterocycles. The number of hydrogen-bond acceptors (Lipinski definition) is 4. The van der Waals surface area contributed by atoms with Crippen molar-refractivity contribution in [3.8, 4) is 17.6 Å². The fraction of sp³-hybridized carbons (Fsp3) is 0. The van der Waals surface area contributed by atoms with Crippen molar-refractivity contribution in [3.05, 3.63) is 60.5 Å². The summed E-state index contributed by atoms with van der Waals surface area (Å²) in [4.78, 5) is 10.1. The van der Waals surface area contributed by atoms with Gasteiger partial charge < -0.3 is 4.74 Å². The molecule has 0 spiro atoms. The highest BCUT2D eigenvalue weighted by Gasteiger charge is 2.18. The molecule has 2 aromatic carbocycles. The maximum Gasteiger partial charge on any atom is 0.272 e. The van der Waals surface area contributed by atoms with E-state index >= 15 is 0 Å². The van der Waals surface area contributed by atoms with Gasteiger partial charge in [0.2, 0.25) is 0 Å². The molecule has 2 aromatic rings. The van der Waals surface area contributed by atoms with Gasteiger partial charge >= 0.3 is 0 Å². The van der Waals surface area contributed by atoms with Crippen LogP contribution in [0.5, 0.6) is 11.5 Å². The number of rotatable bonds is 3. The molecule has 0 saturated heterocycles. The molecule has 0 amide bonds. The number of nitro groups is 1. The van der Waals surface area contributed by atoms with Crippen LogP contribution < -0.4 is 4.74 Å². The quantitative estimate of drug-likeness (QED) is 0.526. The molecule has 0 aromatic heterocycles. The van der Waals surface area contributed by atoms with Crippen molar-refractivity contribution in [2.45, 2.75) is 0 Å². The maximum absolute atomic E-state index is 10.7. The van der Waals surface area contributed by atoms with Gasteiger partial charge in [0.25, 0.3) is 5.69 Å². The Balaban J connectivity index is 2.49. The molecule has 0 aliphatic carbocycles. The van der Waals surface area contributed by atoms with Crippen molar-refractivity contribution < 1.29 is 9.66 Å². The van der Waals surface area contributed by atoms with E-state index in [0.29, 0.717) is 4.47 Å². The molecule has 106 valence electrons. The van der Waals surface area contributed by atoms with Crippen LogP contribution in [0.15, 0.2) is 34.8 Å². The molecule has 0 radical (unpaired) electrons. The predicted molar refractivity (Wildman–Crippen MR) is 82.0 cm³/mol. The Morgan fingerprint density at radius 3 is 2.43 bits per heavy atom. The molecular formula is C13H5BrCl2N2O3. The van der Waals surface area contributed by atoms with Crippen molar-refractivity contribution in [1.82, 2.24) is 0 Å². The van der Waals surface area contributed by atoms with Crippen LogP contribution in [0.2, 0.25) is 10.0 Å². The van der Waals surface area contributed by atoms with Gasteiger partial charge in [0.15, 0.2) is 5.75 Å². The van der Waals surface area contributed by atoms with Crippen molar-refractivity contribution in [2.24, 2.45) is 0 Å². The van der Waals surface area contributed by atoms with Crippen LogP contribution in [0.3, 0.4) is 0 Å². The second-order valence-corrected chi connectivity index (χ2v) is 5.49. The molecule has 8 heteroatoms. The summed E-state index contributed by atoms with van der Waals surface area (Å²) in [5, 5.41) is 19.8. The normalized spacial score (nSPS) is 10.0. The topological polar surface area (TPSA) is 76.2 Å². The summed E-state index contributed by atoms with van der Waals surface area (Å²) in [7, 11) is 0. The second kappa shape index (κ2) is 6.31. The van der Waals surface area contributed by atoms with Crippen molar-refractivity contribution in [1.29, 1.82) is 5.26 Å².